The minimum Gasteiger partial charge on any atom is -0.469 e. The van der Waals surface area contributed by atoms with E-state index < -0.39 is 0 Å². The third kappa shape index (κ3) is 3.11. The summed E-state index contributed by atoms with van der Waals surface area (Å²) in [7, 11) is 1.37. The van der Waals surface area contributed by atoms with Crippen molar-refractivity contribution in [3.8, 4) is 0 Å². The predicted octanol–water partition coefficient (Wildman–Crippen LogP) is 0.266. The molecule has 0 saturated carbocycles. The van der Waals surface area contributed by atoms with Gasteiger partial charge >= 0.3 is 5.97 Å². The normalized spacial score (nSPS) is 26.5. The van der Waals surface area contributed by atoms with Gasteiger partial charge in [-0.25, -0.2) is 0 Å². The van der Waals surface area contributed by atoms with Gasteiger partial charge < -0.3 is 14.5 Å². The van der Waals surface area contributed by atoms with Crippen molar-refractivity contribution in [1.82, 2.24) is 9.80 Å². The fourth-order valence-electron chi connectivity index (χ4n) is 3.04. The van der Waals surface area contributed by atoms with Gasteiger partial charge in [0.15, 0.2) is 0 Å². The van der Waals surface area contributed by atoms with Gasteiger partial charge in [0.2, 0.25) is 11.8 Å². The third-order valence-electron chi connectivity index (χ3n) is 4.25. The Morgan fingerprint density at radius 3 is 2.35 bits per heavy atom. The lowest BCUT2D eigenvalue weighted by Crippen LogP contribution is -2.45. The zero-order valence-electron chi connectivity index (χ0n) is 12.1. The molecule has 6 nitrogen and oxygen atoms in total. The Morgan fingerprint density at radius 2 is 1.70 bits per heavy atom. The topological polar surface area (TPSA) is 66.9 Å². The van der Waals surface area contributed by atoms with Crippen molar-refractivity contribution in [2.75, 3.05) is 33.3 Å². The number of nitrogens with zero attached hydrogens (tertiary/aromatic N) is 2. The molecule has 2 amide bonds. The van der Waals surface area contributed by atoms with Gasteiger partial charge in [0.05, 0.1) is 18.9 Å². The molecule has 0 aliphatic carbocycles. The van der Waals surface area contributed by atoms with Gasteiger partial charge in [-0.05, 0) is 19.3 Å². The molecule has 2 fully saturated rings. The Hall–Kier alpha value is -1.59. The van der Waals surface area contributed by atoms with Crippen LogP contribution in [-0.4, -0.2) is 60.9 Å². The molecule has 2 saturated heterocycles. The van der Waals surface area contributed by atoms with Crippen LogP contribution in [0.1, 0.15) is 26.2 Å². The van der Waals surface area contributed by atoms with E-state index >= 15 is 0 Å². The molecule has 2 heterocycles. The summed E-state index contributed by atoms with van der Waals surface area (Å²) in [6.07, 6.45) is 2.35. The summed E-state index contributed by atoms with van der Waals surface area (Å²) in [4.78, 5) is 38.8. The van der Waals surface area contributed by atoms with Gasteiger partial charge in [0, 0.05) is 33.1 Å². The van der Waals surface area contributed by atoms with Crippen LogP contribution in [0, 0.1) is 11.8 Å². The van der Waals surface area contributed by atoms with Crippen molar-refractivity contribution in [2.45, 2.75) is 26.2 Å². The zero-order valence-corrected chi connectivity index (χ0v) is 12.1. The molecule has 0 bridgehead atoms. The number of piperidine rings is 1. The number of hydrogen-bond donors (Lipinski definition) is 0. The lowest BCUT2D eigenvalue weighted by Gasteiger charge is -2.33. The highest BCUT2D eigenvalue weighted by Gasteiger charge is 2.36. The first-order chi connectivity index (χ1) is 9.52. The van der Waals surface area contributed by atoms with Gasteiger partial charge in [0.25, 0.3) is 0 Å². The van der Waals surface area contributed by atoms with Crippen LogP contribution < -0.4 is 0 Å². The van der Waals surface area contributed by atoms with Crippen LogP contribution in [0.5, 0.6) is 0 Å². The molecule has 20 heavy (non-hydrogen) atoms. The minimum absolute atomic E-state index is 0.0244. The summed E-state index contributed by atoms with van der Waals surface area (Å²) in [6, 6.07) is 0. The number of carbonyl (C=O) groups is 3. The average Bonchev–Trinajstić information content (AvgIpc) is 2.95. The number of likely N-dealkylation sites (tertiary alicyclic amines) is 2. The molecule has 2 aliphatic rings. The second kappa shape index (κ2) is 6.24. The number of esters is 1. The Balaban J connectivity index is 1.91. The SMILES string of the molecule is COC(=O)C1CCN(C(=O)C2CCCN(C(C)=O)C2)C1. The van der Waals surface area contributed by atoms with Gasteiger partial charge in [-0.2, -0.15) is 0 Å². The van der Waals surface area contributed by atoms with E-state index in [1.165, 1.54) is 14.0 Å². The van der Waals surface area contributed by atoms with Crippen molar-refractivity contribution in [3.05, 3.63) is 0 Å². The summed E-state index contributed by atoms with van der Waals surface area (Å²) in [5.41, 5.74) is 0. The van der Waals surface area contributed by atoms with E-state index in [4.69, 9.17) is 4.74 Å². The van der Waals surface area contributed by atoms with E-state index in [1.54, 1.807) is 9.80 Å². The zero-order chi connectivity index (χ0) is 14.7. The first-order valence-corrected chi connectivity index (χ1v) is 7.15. The molecule has 0 spiro atoms. The molecule has 2 unspecified atom stereocenters. The van der Waals surface area contributed by atoms with E-state index in [0.29, 0.717) is 26.1 Å². The molecule has 2 atom stereocenters. The van der Waals surface area contributed by atoms with E-state index in [2.05, 4.69) is 0 Å². The second-order valence-corrected chi connectivity index (χ2v) is 5.60. The van der Waals surface area contributed by atoms with E-state index in [-0.39, 0.29) is 29.6 Å². The number of amides is 2. The van der Waals surface area contributed by atoms with Crippen LogP contribution in [0.25, 0.3) is 0 Å². The Bertz CT molecular complexity index is 410. The van der Waals surface area contributed by atoms with Crippen molar-refractivity contribution < 1.29 is 19.1 Å². The first-order valence-electron chi connectivity index (χ1n) is 7.15. The van der Waals surface area contributed by atoms with Gasteiger partial charge in [-0.1, -0.05) is 0 Å². The summed E-state index contributed by atoms with van der Waals surface area (Å²) in [5, 5.41) is 0. The maximum Gasteiger partial charge on any atom is 0.310 e. The van der Waals surface area contributed by atoms with Crippen molar-refractivity contribution in [1.29, 1.82) is 0 Å². The molecule has 0 aromatic carbocycles. The molecule has 0 radical (unpaired) electrons. The molecule has 0 N–H and O–H groups in total. The molecular weight excluding hydrogens is 260 g/mol. The molecule has 112 valence electrons. The van der Waals surface area contributed by atoms with Crippen LogP contribution in [0.2, 0.25) is 0 Å². The molecule has 6 heteroatoms. The molecule has 2 aliphatic heterocycles. The smallest absolute Gasteiger partial charge is 0.310 e. The highest BCUT2D eigenvalue weighted by molar-refractivity contribution is 5.82. The monoisotopic (exact) mass is 282 g/mol. The number of methoxy groups -OCH3 is 1. The van der Waals surface area contributed by atoms with Crippen molar-refractivity contribution in [3.63, 3.8) is 0 Å². The maximum absolute atomic E-state index is 12.5. The minimum atomic E-state index is -0.241. The molecule has 0 aromatic rings. The maximum atomic E-state index is 12.5. The highest BCUT2D eigenvalue weighted by atomic mass is 16.5. The fourth-order valence-corrected chi connectivity index (χ4v) is 3.04. The summed E-state index contributed by atoms with van der Waals surface area (Å²) in [6.45, 7) is 3.84. The van der Waals surface area contributed by atoms with Gasteiger partial charge in [-0.3, -0.25) is 14.4 Å². The average molecular weight is 282 g/mol. The number of hydrogen-bond acceptors (Lipinski definition) is 4. The van der Waals surface area contributed by atoms with Crippen LogP contribution >= 0.6 is 0 Å². The number of ether oxygens (including phenoxy) is 1. The molecule has 2 rings (SSSR count). The Morgan fingerprint density at radius 1 is 1.00 bits per heavy atom. The Kier molecular flexibility index (Phi) is 4.62. The number of rotatable bonds is 2. The van der Waals surface area contributed by atoms with Crippen LogP contribution in [0.15, 0.2) is 0 Å². The van der Waals surface area contributed by atoms with E-state index in [9.17, 15) is 14.4 Å². The lowest BCUT2D eigenvalue weighted by atomic mass is 9.96. The van der Waals surface area contributed by atoms with Crippen LogP contribution in [0.3, 0.4) is 0 Å². The number of carbonyl (C=O) groups excluding carboxylic acids is 3. The van der Waals surface area contributed by atoms with E-state index in [1.807, 2.05) is 0 Å². The highest BCUT2D eigenvalue weighted by Crippen LogP contribution is 2.24. The first kappa shape index (κ1) is 14.8. The van der Waals surface area contributed by atoms with Crippen LogP contribution in [0.4, 0.5) is 0 Å². The van der Waals surface area contributed by atoms with Crippen LogP contribution in [-0.2, 0) is 19.1 Å². The molecular formula is C14H22N2O4. The lowest BCUT2D eigenvalue weighted by molar-refractivity contribution is -0.145. The standard InChI is InChI=1S/C14H22N2O4/c1-10(17)15-6-3-4-11(8-15)13(18)16-7-5-12(9-16)14(19)20-2/h11-12H,3-9H2,1-2H3. The van der Waals surface area contributed by atoms with Crippen molar-refractivity contribution in [2.24, 2.45) is 11.8 Å². The largest absolute Gasteiger partial charge is 0.469 e. The van der Waals surface area contributed by atoms with Gasteiger partial charge in [-0.15, -0.1) is 0 Å². The fraction of sp³-hybridized carbons (Fsp3) is 0.786. The second-order valence-electron chi connectivity index (χ2n) is 5.60. The van der Waals surface area contributed by atoms with E-state index in [0.717, 1.165) is 19.4 Å². The third-order valence-corrected chi connectivity index (χ3v) is 4.25. The van der Waals surface area contributed by atoms with Crippen molar-refractivity contribution >= 4 is 17.8 Å². The van der Waals surface area contributed by atoms with Gasteiger partial charge in [0.1, 0.15) is 0 Å². The summed E-state index contributed by atoms with van der Waals surface area (Å²) in [5.74, 6) is -0.464. The molecule has 0 aromatic heterocycles. The summed E-state index contributed by atoms with van der Waals surface area (Å²) < 4.78 is 4.73. The summed E-state index contributed by atoms with van der Waals surface area (Å²) >= 11 is 0. The Labute approximate surface area is 119 Å². The quantitative estimate of drug-likeness (QED) is 0.682. The predicted molar refractivity (Wildman–Crippen MR) is 71.7 cm³/mol.